The van der Waals surface area contributed by atoms with Crippen LogP contribution in [0.1, 0.15) is 128 Å². The molecule has 9 aromatic rings. The van der Waals surface area contributed by atoms with E-state index in [4.69, 9.17) is 126 Å². The van der Waals surface area contributed by atoms with Crippen molar-refractivity contribution in [3.63, 3.8) is 0 Å². The van der Waals surface area contributed by atoms with E-state index in [1.807, 2.05) is 0 Å². The monoisotopic (exact) mass is 1650 g/mol. The third kappa shape index (κ3) is 25.8. The lowest BCUT2D eigenvalue weighted by Crippen LogP contribution is -2.32. The number of esters is 3. The predicted molar refractivity (Wildman–Crippen MR) is 416 cm³/mol. The van der Waals surface area contributed by atoms with Gasteiger partial charge in [0.2, 0.25) is 0 Å². The fourth-order valence-corrected chi connectivity index (χ4v) is 10.8. The van der Waals surface area contributed by atoms with Crippen LogP contribution in [0.25, 0.3) is 22.5 Å². The Morgan fingerprint density at radius 2 is 0.818 bits per heavy atom. The summed E-state index contributed by atoms with van der Waals surface area (Å²) in [6.45, 7) is 6.59. The van der Waals surface area contributed by atoms with Crippen molar-refractivity contribution in [2.75, 3.05) is 42.1 Å². The number of ketones is 1. The fourth-order valence-electron chi connectivity index (χ4n) is 9.38. The molecule has 21 nitrogen and oxygen atoms in total. The van der Waals surface area contributed by atoms with E-state index in [1.54, 1.807) is 98.8 Å². The second-order valence-corrected chi connectivity index (χ2v) is 27.5. The summed E-state index contributed by atoms with van der Waals surface area (Å²) >= 11 is 41.2. The van der Waals surface area contributed by atoms with Crippen LogP contribution in [0, 0.1) is 11.6 Å². The molecule has 3 fully saturated rings. The van der Waals surface area contributed by atoms with Gasteiger partial charge in [0.25, 0.3) is 0 Å². The normalized spacial score (nSPS) is 13.4. The largest absolute Gasteiger partial charge is 0.506 e. The molecule has 7 aromatic carbocycles. The molecule has 3 aliphatic carbocycles. The van der Waals surface area contributed by atoms with Crippen LogP contribution in [-0.2, 0) is 25.4 Å². The molecule has 0 saturated heterocycles. The molecule has 0 spiro atoms. The number of rotatable bonds is 23. The molecule has 2 atom stereocenters. The number of carboxylic acid groups (broad SMARTS) is 1. The Labute approximate surface area is 668 Å². The zero-order valence-corrected chi connectivity index (χ0v) is 65.5. The summed E-state index contributed by atoms with van der Waals surface area (Å²) in [7, 11) is 6.93. The summed E-state index contributed by atoms with van der Waals surface area (Å²) in [6, 6.07) is 38.3. The van der Waals surface area contributed by atoms with Gasteiger partial charge in [0, 0.05) is 29.7 Å². The number of hydrogen-bond acceptors (Lipinski definition) is 20. The zero-order valence-electron chi connectivity index (χ0n) is 60.2. The number of ether oxygens (including phenoxy) is 9. The number of aromatic nitrogens is 2. The van der Waals surface area contributed by atoms with E-state index in [1.165, 1.54) is 109 Å². The van der Waals surface area contributed by atoms with Gasteiger partial charge in [0.1, 0.15) is 74.5 Å². The van der Waals surface area contributed by atoms with Gasteiger partial charge in [0.05, 0.1) is 129 Å². The predicted octanol–water partition coefficient (Wildman–Crippen LogP) is 19.1. The van der Waals surface area contributed by atoms with Gasteiger partial charge in [-0.3, -0.25) is 4.79 Å². The van der Waals surface area contributed by atoms with Crippen LogP contribution in [0.5, 0.6) is 40.2 Å². The van der Waals surface area contributed by atoms with Crippen LogP contribution in [0.2, 0.25) is 35.2 Å². The van der Waals surface area contributed by atoms with E-state index in [2.05, 4.69) is 30.8 Å². The second-order valence-electron chi connectivity index (χ2n) is 24.7. The molecular formula is C80H76Cl7F2N3O18. The van der Waals surface area contributed by atoms with Crippen LogP contribution in [-0.4, -0.2) is 120 Å². The van der Waals surface area contributed by atoms with Crippen LogP contribution in [0.15, 0.2) is 165 Å². The molecule has 6 N–H and O–H groups in total. The molecule has 0 amide bonds. The highest BCUT2D eigenvalue weighted by atomic mass is 35.5. The van der Waals surface area contributed by atoms with Gasteiger partial charge in [-0.05, 0) is 210 Å². The van der Waals surface area contributed by atoms with Crippen molar-refractivity contribution in [2.45, 2.75) is 94.7 Å². The Morgan fingerprint density at radius 3 is 1.16 bits per heavy atom. The lowest BCUT2D eigenvalue weighted by atomic mass is 9.92. The minimum absolute atomic E-state index is 0.00709. The number of nitrogens with two attached hydrogens (primary N) is 1. The Kier molecular flexibility index (Phi) is 32.7. The molecule has 0 radical (unpaired) electrons. The Bertz CT molecular complexity index is 4770. The summed E-state index contributed by atoms with van der Waals surface area (Å²) in [5.74, 6) is -0.375. The Hall–Kier alpha value is -9.50. The van der Waals surface area contributed by atoms with E-state index < -0.39 is 46.7 Å². The standard InChI is InChI=1S/C26H24Cl2FNO4.C15H16ClFN2O2.C11H11ClO3.2C10H9ClO3.C8H7ClO3/c1-26(32,12-11-21(31)15-4-8-22(19(28)13-15)34-17-5-6-17)24-10-9-23(33-2)25(30-24)16-3-7-20(29)18(27)14-16;1-15(20,8-18)13-6-5-12(21-2)14(19-13)9-3-4-11(17)10(16)7-9;1-14-11(13)7-2-5-10(9(12)6-7)15-8-3-4-8;11-8-5-6(10(12)13)1-4-9(8)14-7-2-3-7;1-3-14-9-5-4-7(6-8(9)11)10(12)13-2;1-12-8(11)5-2-3-7(10)6(9)4-5/h3-4,7-10,13-14,17,32H,5-6,11-12H2,1-2H3;3-7,20H,8,18H2,1-2H3;2,5-6,8H,3-4H2,1H3;1,4-5,7H,2-3H2,(H,12,13);3-6H,1H2,2H3;2-4,10H,1H3. The molecule has 2 unspecified atom stereocenters. The summed E-state index contributed by atoms with van der Waals surface area (Å²) in [4.78, 5) is 65.5. The molecule has 3 aliphatic rings. The molecule has 0 aliphatic heterocycles. The van der Waals surface area contributed by atoms with E-state index in [0.717, 1.165) is 38.5 Å². The number of benzene rings is 7. The van der Waals surface area contributed by atoms with Crippen LogP contribution in [0.4, 0.5) is 8.78 Å². The van der Waals surface area contributed by atoms with Crippen molar-refractivity contribution in [1.82, 2.24) is 9.97 Å². The van der Waals surface area contributed by atoms with Gasteiger partial charge in [-0.25, -0.2) is 37.9 Å². The summed E-state index contributed by atoms with van der Waals surface area (Å²) in [5.41, 5.74) is 7.42. The summed E-state index contributed by atoms with van der Waals surface area (Å²) in [5, 5.41) is 40.7. The molecule has 2 aromatic heterocycles. The topological polar surface area (TPSA) is 301 Å². The number of phenolic OH excluding ortho intramolecular Hbond substituents is 1. The smallest absolute Gasteiger partial charge is 0.337 e. The average Bonchev–Trinajstić information content (AvgIpc) is 1.52. The lowest BCUT2D eigenvalue weighted by Gasteiger charge is -2.24. The summed E-state index contributed by atoms with van der Waals surface area (Å²) < 4.78 is 72.8. The minimum atomic E-state index is -1.40. The van der Waals surface area contributed by atoms with Gasteiger partial charge in [-0.1, -0.05) is 87.8 Å². The molecular weight excluding hydrogens is 1580 g/mol. The number of phenols is 1. The molecule has 12 rings (SSSR count). The number of carbonyl (C=O) groups is 5. The van der Waals surface area contributed by atoms with Crippen molar-refractivity contribution >= 4 is 111 Å². The number of methoxy groups -OCH3 is 5. The first-order valence-corrected chi connectivity index (χ1v) is 36.0. The van der Waals surface area contributed by atoms with Gasteiger partial charge >= 0.3 is 23.9 Å². The minimum Gasteiger partial charge on any atom is -0.506 e. The molecule has 110 heavy (non-hydrogen) atoms. The van der Waals surface area contributed by atoms with Gasteiger partial charge in [-0.2, -0.15) is 0 Å². The highest BCUT2D eigenvalue weighted by Crippen LogP contribution is 2.39. The van der Waals surface area contributed by atoms with E-state index in [0.29, 0.717) is 117 Å². The first kappa shape index (κ1) is 87.7. The first-order chi connectivity index (χ1) is 52.3. The van der Waals surface area contributed by atoms with E-state index >= 15 is 0 Å². The lowest BCUT2D eigenvalue weighted by molar-refractivity contribution is 0.0397. The number of Topliss-reactive ketones (excluding diaryl/α,β-unsaturated/α-hetero) is 1. The van der Waals surface area contributed by atoms with Crippen molar-refractivity contribution in [1.29, 1.82) is 0 Å². The van der Waals surface area contributed by atoms with Crippen LogP contribution < -0.4 is 34.2 Å². The highest BCUT2D eigenvalue weighted by Gasteiger charge is 2.31. The van der Waals surface area contributed by atoms with E-state index in [9.17, 15) is 43.0 Å². The number of halogens is 9. The Balaban J connectivity index is 0.000000192. The Morgan fingerprint density at radius 1 is 0.473 bits per heavy atom. The maximum atomic E-state index is 13.6. The van der Waals surface area contributed by atoms with Gasteiger partial charge in [-0.15, -0.1) is 0 Å². The van der Waals surface area contributed by atoms with Crippen molar-refractivity contribution in [3.8, 4) is 62.8 Å². The van der Waals surface area contributed by atoms with E-state index in [-0.39, 0.29) is 63.8 Å². The number of aromatic carboxylic acids is 1. The average molecular weight is 1650 g/mol. The number of aliphatic hydroxyl groups is 2. The second kappa shape index (κ2) is 41.0. The third-order valence-electron chi connectivity index (χ3n) is 16.1. The molecule has 3 saturated carbocycles. The van der Waals surface area contributed by atoms with Gasteiger partial charge < -0.3 is 68.8 Å². The number of pyridine rings is 2. The SMILES string of the molecule is C=COc1ccc(C(=O)OC)cc1Cl.COC(=O)c1ccc(O)c(Cl)c1.COC(=O)c1ccc(OC2CC2)c(Cl)c1.COc1ccc(C(C)(O)CCC(=O)c2ccc(OC3CC3)c(Cl)c2)nc1-c1ccc(F)c(Cl)c1.COc1ccc(C(C)(O)CN)nc1-c1ccc(F)c(Cl)c1.O=C(O)c1ccc(OC2CC2)c(Cl)c1. The van der Waals surface area contributed by atoms with Crippen LogP contribution >= 0.6 is 81.2 Å². The number of carbonyl (C=O) groups excluding carboxylic acids is 4. The fraction of sp³-hybridized carbons (Fsp3) is 0.263. The third-order valence-corrected chi connectivity index (χ3v) is 18.1. The number of aromatic hydroxyl groups is 1. The number of nitrogens with zero attached hydrogens (tertiary/aromatic N) is 2. The molecule has 30 heteroatoms. The highest BCUT2D eigenvalue weighted by molar-refractivity contribution is 6.34. The van der Waals surface area contributed by atoms with Crippen molar-refractivity contribution in [2.24, 2.45) is 5.73 Å². The molecule has 0 bridgehead atoms. The van der Waals surface area contributed by atoms with Crippen molar-refractivity contribution in [3.05, 3.63) is 250 Å². The maximum absolute atomic E-state index is 13.6. The summed E-state index contributed by atoms with van der Waals surface area (Å²) in [6.07, 6.45) is 8.54. The maximum Gasteiger partial charge on any atom is 0.337 e. The quantitative estimate of drug-likeness (QED) is 0.0172. The number of hydrogen-bond donors (Lipinski definition) is 5. The first-order valence-electron chi connectivity index (χ1n) is 33.4. The number of carboxylic acids is 1. The van der Waals surface area contributed by atoms with Gasteiger partial charge in [0.15, 0.2) is 5.78 Å². The zero-order chi connectivity index (χ0) is 80.7. The van der Waals surface area contributed by atoms with Crippen LogP contribution in [0.3, 0.4) is 0 Å². The molecule has 582 valence electrons. The van der Waals surface area contributed by atoms with Crippen molar-refractivity contribution < 1.29 is 95.8 Å². The molecule has 2 heterocycles.